The van der Waals surface area contributed by atoms with Crippen LogP contribution in [0.3, 0.4) is 0 Å². The Labute approximate surface area is 349 Å². The van der Waals surface area contributed by atoms with E-state index in [2.05, 4.69) is 213 Å². The lowest BCUT2D eigenvalue weighted by Crippen LogP contribution is -2.20. The van der Waals surface area contributed by atoms with E-state index in [1.54, 1.807) is 0 Å². The Bertz CT molecular complexity index is 3360. The van der Waals surface area contributed by atoms with Crippen molar-refractivity contribution >= 4 is 67.4 Å². The number of benzene rings is 7. The highest BCUT2D eigenvalue weighted by atomic mass is 31.1. The first-order valence-corrected chi connectivity index (χ1v) is 21.6. The van der Waals surface area contributed by atoms with Gasteiger partial charge < -0.3 is 0 Å². The molecule has 0 atom stereocenters. The zero-order chi connectivity index (χ0) is 40.0. The lowest BCUT2D eigenvalue weighted by Gasteiger charge is -2.20. The summed E-state index contributed by atoms with van der Waals surface area (Å²) in [5, 5.41) is 8.18. The van der Waals surface area contributed by atoms with Gasteiger partial charge in [0.15, 0.2) is 0 Å². The lowest BCUT2D eigenvalue weighted by atomic mass is 10.0. The van der Waals surface area contributed by atoms with Crippen LogP contribution in [0.5, 0.6) is 0 Å². The first kappa shape index (κ1) is 35.7. The van der Waals surface area contributed by atoms with Gasteiger partial charge in [0.2, 0.25) is 0 Å². The summed E-state index contributed by atoms with van der Waals surface area (Å²) < 4.78 is 0. The first-order chi connectivity index (χ1) is 29.6. The quantitative estimate of drug-likeness (QED) is 0.119. The average molecular weight is 785 g/mol. The summed E-state index contributed by atoms with van der Waals surface area (Å²) in [5.41, 5.74) is 12.7. The molecule has 0 spiro atoms. The van der Waals surface area contributed by atoms with Gasteiger partial charge in [-0.25, -0.2) is 19.9 Å². The minimum absolute atomic E-state index is 0.741. The molecule has 11 rings (SSSR count). The Balaban J connectivity index is 0.968. The third-order valence-corrected chi connectivity index (χ3v) is 13.7. The topological polar surface area (TPSA) is 51.6 Å². The van der Waals surface area contributed by atoms with Crippen molar-refractivity contribution < 1.29 is 0 Å². The van der Waals surface area contributed by atoms with Crippen LogP contribution in [0.4, 0.5) is 0 Å². The molecule has 5 heteroatoms. The Morgan fingerprint density at radius 2 is 0.617 bits per heavy atom. The van der Waals surface area contributed by atoms with Gasteiger partial charge in [-0.2, -0.15) is 0 Å². The van der Waals surface area contributed by atoms with E-state index in [-0.39, 0.29) is 0 Å². The molecule has 0 saturated heterocycles. The lowest BCUT2D eigenvalue weighted by molar-refractivity contribution is 1.35. The highest BCUT2D eigenvalue weighted by molar-refractivity contribution is 7.79. The molecule has 0 aliphatic rings. The van der Waals surface area contributed by atoms with Crippen LogP contribution < -0.4 is 15.9 Å². The number of fused-ring (bicyclic) bond motifs is 6. The molecule has 4 aromatic heterocycles. The second-order valence-electron chi connectivity index (χ2n) is 15.2. The van der Waals surface area contributed by atoms with Crippen LogP contribution in [-0.2, 0) is 0 Å². The molecule has 0 fully saturated rings. The van der Waals surface area contributed by atoms with Crippen molar-refractivity contribution in [3.8, 4) is 45.0 Å². The van der Waals surface area contributed by atoms with E-state index in [1.807, 2.05) is 0 Å². The summed E-state index contributed by atoms with van der Waals surface area (Å²) in [7, 11) is -0.741. The molecule has 60 heavy (non-hydrogen) atoms. The molecule has 0 aliphatic carbocycles. The van der Waals surface area contributed by atoms with Gasteiger partial charge in [0.25, 0.3) is 0 Å². The standard InChI is InChI=1S/C55H37N4P/c1-36-11-8-12-41(33-36)48-29-25-37-21-22-38-26-30-49(57-53(38)52(37)56-48)42-13-9-14-43(34-42)50-31-27-39-23-24-40-28-32-51(59-55(40)54(39)58-50)44-15-10-20-47(35-44)60(45-16-4-2-5-17-45)46-18-6-3-7-19-46/h2-35H,1H3. The van der Waals surface area contributed by atoms with E-state index in [1.165, 1.54) is 21.5 Å². The maximum absolute atomic E-state index is 5.33. The van der Waals surface area contributed by atoms with Crippen molar-refractivity contribution in [2.45, 2.75) is 6.92 Å². The van der Waals surface area contributed by atoms with Crippen molar-refractivity contribution in [1.29, 1.82) is 0 Å². The number of aromatic nitrogens is 4. The summed E-state index contributed by atoms with van der Waals surface area (Å²) in [4.78, 5) is 21.0. The van der Waals surface area contributed by atoms with E-state index < -0.39 is 7.92 Å². The van der Waals surface area contributed by atoms with E-state index in [4.69, 9.17) is 19.9 Å². The van der Waals surface area contributed by atoms with Crippen LogP contribution in [0.1, 0.15) is 5.56 Å². The molecule has 0 radical (unpaired) electrons. The summed E-state index contributed by atoms with van der Waals surface area (Å²) in [6.45, 7) is 2.11. The fourth-order valence-corrected chi connectivity index (χ4v) is 10.6. The smallest absolute Gasteiger partial charge is 0.0972 e. The molecule has 0 aliphatic heterocycles. The summed E-state index contributed by atoms with van der Waals surface area (Å²) in [6, 6.07) is 73.2. The monoisotopic (exact) mass is 784 g/mol. The second-order valence-corrected chi connectivity index (χ2v) is 17.4. The van der Waals surface area contributed by atoms with Gasteiger partial charge in [-0.3, -0.25) is 0 Å². The molecule has 282 valence electrons. The maximum Gasteiger partial charge on any atom is 0.0972 e. The average Bonchev–Trinajstić information content (AvgIpc) is 3.31. The minimum atomic E-state index is -0.741. The van der Waals surface area contributed by atoms with Gasteiger partial charge in [0.05, 0.1) is 44.8 Å². The Hall–Kier alpha value is -7.39. The highest BCUT2D eigenvalue weighted by Gasteiger charge is 2.18. The van der Waals surface area contributed by atoms with Crippen LogP contribution in [0.25, 0.3) is 88.6 Å². The molecular formula is C55H37N4P. The fraction of sp³-hybridized carbons (Fsp3) is 0.0182. The Kier molecular flexibility index (Phi) is 8.99. The van der Waals surface area contributed by atoms with Crippen LogP contribution in [0.2, 0.25) is 0 Å². The molecule has 4 heterocycles. The van der Waals surface area contributed by atoms with Crippen molar-refractivity contribution in [2.24, 2.45) is 0 Å². The number of rotatable bonds is 7. The Morgan fingerprint density at radius 1 is 0.283 bits per heavy atom. The van der Waals surface area contributed by atoms with Crippen LogP contribution in [-0.4, -0.2) is 19.9 Å². The van der Waals surface area contributed by atoms with Crippen molar-refractivity contribution in [3.05, 3.63) is 212 Å². The predicted molar refractivity (Wildman–Crippen MR) is 253 cm³/mol. The number of pyridine rings is 4. The molecule has 7 aromatic carbocycles. The highest BCUT2D eigenvalue weighted by Crippen LogP contribution is 2.36. The van der Waals surface area contributed by atoms with Gasteiger partial charge in [0, 0.05) is 43.8 Å². The van der Waals surface area contributed by atoms with Gasteiger partial charge >= 0.3 is 0 Å². The number of aryl methyl sites for hydroxylation is 1. The normalized spacial score (nSPS) is 11.6. The molecule has 0 bridgehead atoms. The largest absolute Gasteiger partial charge is 0.245 e. The summed E-state index contributed by atoms with van der Waals surface area (Å²) in [6.07, 6.45) is 0. The Morgan fingerprint density at radius 3 is 1.03 bits per heavy atom. The number of hydrogen-bond acceptors (Lipinski definition) is 4. The van der Waals surface area contributed by atoms with Crippen molar-refractivity contribution in [2.75, 3.05) is 0 Å². The summed E-state index contributed by atoms with van der Waals surface area (Å²) >= 11 is 0. The molecule has 0 N–H and O–H groups in total. The van der Waals surface area contributed by atoms with Crippen LogP contribution >= 0.6 is 7.92 Å². The maximum atomic E-state index is 5.33. The predicted octanol–water partition coefficient (Wildman–Crippen LogP) is 12.6. The summed E-state index contributed by atoms with van der Waals surface area (Å²) in [5.74, 6) is 0. The van der Waals surface area contributed by atoms with E-state index >= 15 is 0 Å². The zero-order valence-corrected chi connectivity index (χ0v) is 33.8. The molecule has 4 nitrogen and oxygen atoms in total. The van der Waals surface area contributed by atoms with Crippen LogP contribution in [0, 0.1) is 6.92 Å². The number of hydrogen-bond donors (Lipinski definition) is 0. The molecule has 0 saturated carbocycles. The minimum Gasteiger partial charge on any atom is -0.245 e. The van der Waals surface area contributed by atoms with Gasteiger partial charge in [-0.15, -0.1) is 0 Å². The first-order valence-electron chi connectivity index (χ1n) is 20.2. The van der Waals surface area contributed by atoms with Gasteiger partial charge in [-0.05, 0) is 73.2 Å². The zero-order valence-electron chi connectivity index (χ0n) is 32.9. The third-order valence-electron chi connectivity index (χ3n) is 11.2. The van der Waals surface area contributed by atoms with Crippen molar-refractivity contribution in [1.82, 2.24) is 19.9 Å². The second kappa shape index (κ2) is 15.1. The van der Waals surface area contributed by atoms with Crippen molar-refractivity contribution in [3.63, 3.8) is 0 Å². The van der Waals surface area contributed by atoms with E-state index in [0.717, 1.165) is 88.6 Å². The SMILES string of the molecule is Cc1cccc(-c2ccc3ccc4ccc(-c5cccc(-c6ccc7ccc8ccc(-c9cccc(P(c%10ccccc%10)c%10ccccc%10)c9)nc8c7n6)c5)nc4c3n2)c1. The van der Waals surface area contributed by atoms with Gasteiger partial charge in [0.1, 0.15) is 0 Å². The van der Waals surface area contributed by atoms with Gasteiger partial charge in [-0.1, -0.05) is 169 Å². The molecule has 11 aromatic rings. The molecule has 0 unspecified atom stereocenters. The number of nitrogens with zero attached hydrogens (tertiary/aromatic N) is 4. The molecular weight excluding hydrogens is 748 g/mol. The van der Waals surface area contributed by atoms with E-state index in [9.17, 15) is 0 Å². The fourth-order valence-electron chi connectivity index (χ4n) is 8.23. The van der Waals surface area contributed by atoms with E-state index in [0.29, 0.717) is 0 Å². The third kappa shape index (κ3) is 6.67. The molecule has 0 amide bonds. The van der Waals surface area contributed by atoms with Crippen LogP contribution in [0.15, 0.2) is 206 Å².